The Morgan fingerprint density at radius 1 is 1.22 bits per heavy atom. The lowest BCUT2D eigenvalue weighted by Crippen LogP contribution is -2.13. The summed E-state index contributed by atoms with van der Waals surface area (Å²) in [5, 5.41) is 0.729. The predicted octanol–water partition coefficient (Wildman–Crippen LogP) is 4.05. The van der Waals surface area contributed by atoms with Crippen LogP contribution < -0.4 is 5.73 Å². The number of para-hydroxylation sites is 1. The Balaban J connectivity index is 2.82. The summed E-state index contributed by atoms with van der Waals surface area (Å²) in [5.41, 5.74) is 7.24. The fourth-order valence-corrected chi connectivity index (χ4v) is 2.01. The molecule has 2 aromatic rings. The third-order valence-corrected chi connectivity index (χ3v) is 2.92. The molecule has 4 heteroatoms. The number of fused-ring (bicyclic) bond motifs is 1. The van der Waals surface area contributed by atoms with Crippen LogP contribution in [0.4, 0.5) is 14.5 Å². The number of aromatic nitrogens is 1. The smallest absolute Gasteiger partial charge is 0.280 e. The molecule has 2 rings (SSSR count). The maximum Gasteiger partial charge on any atom is 0.280 e. The summed E-state index contributed by atoms with van der Waals surface area (Å²) >= 11 is 0. The molecule has 1 heterocycles. The van der Waals surface area contributed by atoms with Crippen LogP contribution in [0.3, 0.4) is 0 Å². The highest BCUT2D eigenvalue weighted by Gasteiger charge is 2.20. The van der Waals surface area contributed by atoms with Gasteiger partial charge in [-0.25, -0.2) is 13.8 Å². The molecule has 0 aliphatic heterocycles. The second kappa shape index (κ2) is 4.19. The van der Waals surface area contributed by atoms with E-state index < -0.39 is 6.43 Å². The van der Waals surface area contributed by atoms with Crippen molar-refractivity contribution in [2.75, 3.05) is 5.73 Å². The highest BCUT2D eigenvalue weighted by molar-refractivity contribution is 5.92. The zero-order chi connectivity index (χ0) is 13.5. The zero-order valence-electron chi connectivity index (χ0n) is 10.7. The summed E-state index contributed by atoms with van der Waals surface area (Å²) < 4.78 is 25.6. The maximum absolute atomic E-state index is 12.8. The van der Waals surface area contributed by atoms with Gasteiger partial charge in [-0.1, -0.05) is 39.0 Å². The van der Waals surface area contributed by atoms with Gasteiger partial charge in [0.15, 0.2) is 0 Å². The van der Waals surface area contributed by atoms with Crippen LogP contribution in [0.5, 0.6) is 0 Å². The number of nitrogens with zero attached hydrogens (tertiary/aromatic N) is 1. The molecule has 0 spiro atoms. The maximum atomic E-state index is 12.8. The zero-order valence-corrected chi connectivity index (χ0v) is 10.7. The van der Waals surface area contributed by atoms with E-state index in [1.165, 1.54) is 6.07 Å². The molecule has 0 unspecified atom stereocenters. The lowest BCUT2D eigenvalue weighted by Gasteiger charge is -2.21. The van der Waals surface area contributed by atoms with Gasteiger partial charge in [0.2, 0.25) is 0 Å². The number of anilines is 1. The van der Waals surface area contributed by atoms with E-state index in [-0.39, 0.29) is 11.1 Å². The Labute approximate surface area is 105 Å². The number of pyridine rings is 1. The molecule has 0 bridgehead atoms. The van der Waals surface area contributed by atoms with Crippen molar-refractivity contribution in [1.29, 1.82) is 0 Å². The summed E-state index contributed by atoms with van der Waals surface area (Å²) in [6, 6.07) is 6.84. The van der Waals surface area contributed by atoms with Crippen molar-refractivity contribution in [2.24, 2.45) is 0 Å². The van der Waals surface area contributed by atoms with Crippen molar-refractivity contribution < 1.29 is 8.78 Å². The van der Waals surface area contributed by atoms with Gasteiger partial charge < -0.3 is 5.73 Å². The van der Waals surface area contributed by atoms with E-state index in [0.717, 1.165) is 10.9 Å². The van der Waals surface area contributed by atoms with E-state index in [2.05, 4.69) is 4.98 Å². The van der Waals surface area contributed by atoms with Gasteiger partial charge in [0, 0.05) is 11.1 Å². The normalized spacial score (nSPS) is 12.3. The first kappa shape index (κ1) is 12.7. The largest absolute Gasteiger partial charge is 0.398 e. The second-order valence-electron chi connectivity index (χ2n) is 5.39. The van der Waals surface area contributed by atoms with E-state index in [4.69, 9.17) is 5.73 Å². The van der Waals surface area contributed by atoms with Gasteiger partial charge in [-0.15, -0.1) is 0 Å². The first-order chi connectivity index (χ1) is 8.30. The average molecular weight is 250 g/mol. The van der Waals surface area contributed by atoms with E-state index in [0.29, 0.717) is 11.2 Å². The molecule has 0 saturated heterocycles. The number of hydrogen-bond acceptors (Lipinski definition) is 2. The average Bonchev–Trinajstić information content (AvgIpc) is 2.26. The Morgan fingerprint density at radius 3 is 2.44 bits per heavy atom. The molecule has 0 amide bonds. The molecule has 2 N–H and O–H groups in total. The van der Waals surface area contributed by atoms with Gasteiger partial charge in [-0.3, -0.25) is 0 Å². The van der Waals surface area contributed by atoms with Crippen molar-refractivity contribution in [3.05, 3.63) is 35.5 Å². The number of benzene rings is 1. The molecular formula is C14H16F2N2. The lowest BCUT2D eigenvalue weighted by atomic mass is 9.85. The minimum Gasteiger partial charge on any atom is -0.398 e. The van der Waals surface area contributed by atoms with Gasteiger partial charge in [0.1, 0.15) is 5.69 Å². The summed E-state index contributed by atoms with van der Waals surface area (Å²) in [4.78, 5) is 4.07. The third-order valence-electron chi connectivity index (χ3n) is 2.92. The molecule has 1 aromatic heterocycles. The fourth-order valence-electron chi connectivity index (χ4n) is 2.01. The van der Waals surface area contributed by atoms with Crippen LogP contribution in [-0.2, 0) is 5.41 Å². The highest BCUT2D eigenvalue weighted by atomic mass is 19.3. The van der Waals surface area contributed by atoms with Gasteiger partial charge in [0.25, 0.3) is 6.43 Å². The van der Waals surface area contributed by atoms with Gasteiger partial charge >= 0.3 is 0 Å². The van der Waals surface area contributed by atoms with E-state index >= 15 is 0 Å². The second-order valence-corrected chi connectivity index (χ2v) is 5.39. The summed E-state index contributed by atoms with van der Waals surface area (Å²) in [7, 11) is 0. The molecule has 0 aliphatic carbocycles. The van der Waals surface area contributed by atoms with E-state index in [1.807, 2.05) is 39.0 Å². The molecule has 2 nitrogen and oxygen atoms in total. The molecular weight excluding hydrogens is 234 g/mol. The van der Waals surface area contributed by atoms with Crippen LogP contribution in [0.15, 0.2) is 24.3 Å². The van der Waals surface area contributed by atoms with Crippen LogP contribution in [-0.4, -0.2) is 4.98 Å². The van der Waals surface area contributed by atoms with Crippen LogP contribution in [0.2, 0.25) is 0 Å². The number of halogens is 2. The minimum absolute atomic E-state index is 0.167. The molecule has 96 valence electrons. The van der Waals surface area contributed by atoms with E-state index in [9.17, 15) is 8.78 Å². The Kier molecular flexibility index (Phi) is 2.97. The molecule has 0 radical (unpaired) electrons. The standard InChI is InChI=1S/C14H16F2N2/c1-14(2,3)9-6-4-5-8-10(17)7-11(13(15)16)18-12(8)9/h4-7,13H,1-3H3,(H2,17,18). The topological polar surface area (TPSA) is 38.9 Å². The summed E-state index contributed by atoms with van der Waals surface area (Å²) in [5.74, 6) is 0. The SMILES string of the molecule is CC(C)(C)c1cccc2c(N)cc(C(F)F)nc12. The van der Waals surface area contributed by atoms with Crippen molar-refractivity contribution in [1.82, 2.24) is 4.98 Å². The predicted molar refractivity (Wildman–Crippen MR) is 69.8 cm³/mol. The Bertz CT molecular complexity index is 586. The molecule has 1 aromatic carbocycles. The number of rotatable bonds is 1. The first-order valence-corrected chi connectivity index (χ1v) is 5.78. The van der Waals surface area contributed by atoms with Crippen molar-refractivity contribution in [2.45, 2.75) is 32.6 Å². The summed E-state index contributed by atoms with van der Waals surface area (Å²) in [6.07, 6.45) is -2.61. The van der Waals surface area contributed by atoms with Crippen LogP contribution in [0.25, 0.3) is 10.9 Å². The first-order valence-electron chi connectivity index (χ1n) is 5.78. The fraction of sp³-hybridized carbons (Fsp3) is 0.357. The monoisotopic (exact) mass is 250 g/mol. The van der Waals surface area contributed by atoms with Crippen LogP contribution >= 0.6 is 0 Å². The quantitative estimate of drug-likeness (QED) is 0.829. The number of hydrogen-bond donors (Lipinski definition) is 1. The molecule has 18 heavy (non-hydrogen) atoms. The molecule has 0 atom stereocenters. The van der Waals surface area contributed by atoms with Crippen LogP contribution in [0.1, 0.15) is 38.5 Å². The van der Waals surface area contributed by atoms with Gasteiger partial charge in [-0.2, -0.15) is 0 Å². The number of nitrogen functional groups attached to an aromatic ring is 1. The minimum atomic E-state index is -2.61. The Hall–Kier alpha value is -1.71. The summed E-state index contributed by atoms with van der Waals surface area (Å²) in [6.45, 7) is 6.07. The van der Waals surface area contributed by atoms with Crippen molar-refractivity contribution in [3.63, 3.8) is 0 Å². The molecule has 0 fully saturated rings. The molecule has 0 aliphatic rings. The highest BCUT2D eigenvalue weighted by Crippen LogP contribution is 2.33. The third kappa shape index (κ3) is 2.15. The number of alkyl halides is 2. The van der Waals surface area contributed by atoms with E-state index in [1.54, 1.807) is 0 Å². The van der Waals surface area contributed by atoms with Crippen molar-refractivity contribution in [3.8, 4) is 0 Å². The number of nitrogens with two attached hydrogens (primary N) is 1. The lowest BCUT2D eigenvalue weighted by molar-refractivity contribution is 0.146. The van der Waals surface area contributed by atoms with Gasteiger partial charge in [-0.05, 0) is 17.0 Å². The molecule has 0 saturated carbocycles. The Morgan fingerprint density at radius 2 is 1.89 bits per heavy atom. The van der Waals surface area contributed by atoms with Crippen molar-refractivity contribution >= 4 is 16.6 Å². The van der Waals surface area contributed by atoms with Gasteiger partial charge in [0.05, 0.1) is 5.52 Å². The van der Waals surface area contributed by atoms with Crippen LogP contribution in [0, 0.1) is 0 Å².